The highest BCUT2D eigenvalue weighted by Crippen LogP contribution is 2.26. The number of nitrogens with one attached hydrogen (secondary N) is 1. The Morgan fingerprint density at radius 3 is 2.06 bits per heavy atom. The largest absolute Gasteiger partial charge is 0.324 e. The summed E-state index contributed by atoms with van der Waals surface area (Å²) < 4.78 is 29.6. The number of hydrogen-bond acceptors (Lipinski definition) is 3. The van der Waals surface area contributed by atoms with Crippen molar-refractivity contribution >= 4 is 53.5 Å². The molecule has 0 radical (unpaired) electrons. The van der Waals surface area contributed by atoms with Crippen molar-refractivity contribution in [3.63, 3.8) is 0 Å². The first-order valence-corrected chi connectivity index (χ1v) is 12.6. The number of nitrogens with zero attached hydrogens (tertiary/aromatic N) is 1. The van der Waals surface area contributed by atoms with E-state index in [1.165, 1.54) is 16.4 Å². The number of benzene rings is 3. The normalized spacial score (nSPS) is 11.5. The van der Waals surface area contributed by atoms with Crippen LogP contribution in [0.25, 0.3) is 0 Å². The second-order valence-electron chi connectivity index (χ2n) is 7.18. The summed E-state index contributed by atoms with van der Waals surface area (Å²) in [5.41, 5.74) is 3.26. The predicted octanol–water partition coefficient (Wildman–Crippen LogP) is 5.66. The number of sulfonamides is 1. The lowest BCUT2D eigenvalue weighted by Gasteiger charge is -2.22. The Labute approximate surface area is 199 Å². The molecule has 0 aliphatic heterocycles. The minimum Gasteiger partial charge on any atom is -0.324 e. The Morgan fingerprint density at radius 1 is 0.903 bits per heavy atom. The zero-order valence-corrected chi connectivity index (χ0v) is 21.1. The van der Waals surface area contributed by atoms with E-state index in [0.29, 0.717) is 5.69 Å². The number of amides is 1. The van der Waals surface area contributed by atoms with Gasteiger partial charge in [0.1, 0.15) is 0 Å². The van der Waals surface area contributed by atoms with E-state index in [0.717, 1.165) is 25.6 Å². The third-order valence-electron chi connectivity index (χ3n) is 4.74. The Bertz CT molecular complexity index is 1160. The van der Waals surface area contributed by atoms with E-state index in [9.17, 15) is 13.2 Å². The van der Waals surface area contributed by atoms with Crippen LogP contribution in [0.15, 0.2) is 80.6 Å². The molecular weight excluding hydrogens is 544 g/mol. The monoisotopic (exact) mass is 564 g/mol. The van der Waals surface area contributed by atoms with Gasteiger partial charge in [-0.2, -0.15) is 4.31 Å². The van der Waals surface area contributed by atoms with Crippen molar-refractivity contribution in [1.82, 2.24) is 4.31 Å². The number of carbonyl (C=O) groups is 1. The van der Waals surface area contributed by atoms with E-state index in [4.69, 9.17) is 0 Å². The summed E-state index contributed by atoms with van der Waals surface area (Å²) in [4.78, 5) is 13.0. The molecule has 1 amide bonds. The van der Waals surface area contributed by atoms with Gasteiger partial charge in [-0.05, 0) is 66.9 Å². The Kier molecular flexibility index (Phi) is 7.69. The lowest BCUT2D eigenvalue weighted by molar-refractivity contribution is -0.116. The molecular formula is C23H22Br2N2O3S. The highest BCUT2D eigenvalue weighted by Gasteiger charge is 2.27. The fourth-order valence-corrected chi connectivity index (χ4v) is 5.56. The van der Waals surface area contributed by atoms with E-state index >= 15 is 0 Å². The Balaban J connectivity index is 1.89. The van der Waals surface area contributed by atoms with Crippen molar-refractivity contribution in [2.45, 2.75) is 25.3 Å². The summed E-state index contributed by atoms with van der Waals surface area (Å²) in [7, 11) is -3.87. The molecule has 3 aromatic carbocycles. The molecule has 8 heteroatoms. The van der Waals surface area contributed by atoms with Crippen molar-refractivity contribution in [3.05, 3.63) is 92.4 Å². The van der Waals surface area contributed by atoms with E-state index in [-0.39, 0.29) is 18.0 Å². The molecule has 0 saturated heterocycles. The maximum atomic E-state index is 13.3. The number of hydrogen-bond donors (Lipinski definition) is 1. The molecule has 0 aliphatic rings. The average molecular weight is 566 g/mol. The quantitative estimate of drug-likeness (QED) is 0.402. The first kappa shape index (κ1) is 23.7. The zero-order chi connectivity index (χ0) is 22.6. The number of halogens is 2. The van der Waals surface area contributed by atoms with Gasteiger partial charge >= 0.3 is 0 Å². The topological polar surface area (TPSA) is 66.5 Å². The third kappa shape index (κ3) is 6.04. The smallest absolute Gasteiger partial charge is 0.243 e. The number of aryl methyl sites for hydroxylation is 2. The van der Waals surface area contributed by atoms with Crippen LogP contribution >= 0.6 is 31.9 Å². The molecule has 0 saturated carbocycles. The summed E-state index contributed by atoms with van der Waals surface area (Å²) in [6.45, 7) is 3.57. The van der Waals surface area contributed by atoms with Gasteiger partial charge in [-0.1, -0.05) is 62.2 Å². The second kappa shape index (κ2) is 10.1. The number of anilines is 1. The van der Waals surface area contributed by atoms with E-state index < -0.39 is 15.9 Å². The molecule has 0 unspecified atom stereocenters. The first-order chi connectivity index (χ1) is 14.7. The fraction of sp³-hybridized carbons (Fsp3) is 0.174. The van der Waals surface area contributed by atoms with Crippen LogP contribution in [0, 0.1) is 13.8 Å². The third-order valence-corrected chi connectivity index (χ3v) is 7.53. The molecule has 3 rings (SSSR count). The van der Waals surface area contributed by atoms with Gasteiger partial charge < -0.3 is 5.32 Å². The van der Waals surface area contributed by atoms with Crippen LogP contribution in [0.2, 0.25) is 0 Å². The maximum Gasteiger partial charge on any atom is 0.243 e. The maximum absolute atomic E-state index is 13.3. The average Bonchev–Trinajstić information content (AvgIpc) is 2.72. The molecule has 1 N–H and O–H groups in total. The second-order valence-corrected chi connectivity index (χ2v) is 10.9. The molecule has 3 aromatic rings. The van der Waals surface area contributed by atoms with Crippen LogP contribution in [0.1, 0.15) is 16.7 Å². The molecule has 0 aliphatic carbocycles. The molecule has 0 spiro atoms. The molecule has 0 bridgehead atoms. The van der Waals surface area contributed by atoms with Gasteiger partial charge in [0.2, 0.25) is 15.9 Å². The van der Waals surface area contributed by atoms with E-state index in [2.05, 4.69) is 37.2 Å². The predicted molar refractivity (Wildman–Crippen MR) is 130 cm³/mol. The highest BCUT2D eigenvalue weighted by atomic mass is 79.9. The summed E-state index contributed by atoms with van der Waals surface area (Å²) in [5.74, 6) is -0.398. The van der Waals surface area contributed by atoms with Gasteiger partial charge in [0.05, 0.1) is 11.4 Å². The molecule has 0 atom stereocenters. The number of rotatable bonds is 7. The van der Waals surface area contributed by atoms with Crippen LogP contribution in [-0.4, -0.2) is 25.2 Å². The van der Waals surface area contributed by atoms with Crippen LogP contribution in [-0.2, 0) is 21.4 Å². The zero-order valence-electron chi connectivity index (χ0n) is 17.1. The van der Waals surface area contributed by atoms with Crippen molar-refractivity contribution in [1.29, 1.82) is 0 Å². The van der Waals surface area contributed by atoms with Crippen LogP contribution in [0.4, 0.5) is 5.69 Å². The van der Waals surface area contributed by atoms with Gasteiger partial charge in [0, 0.05) is 21.2 Å². The standard InChI is InChI=1S/C23H22Br2N2O3S/c1-16-12-20(25)13-17(2)23(16)26-22(28)15-27(14-18-8-10-19(24)11-9-18)31(29,30)21-6-4-3-5-7-21/h3-13H,14-15H2,1-2H3,(H,26,28). The molecule has 162 valence electrons. The molecule has 5 nitrogen and oxygen atoms in total. The summed E-state index contributed by atoms with van der Waals surface area (Å²) in [5, 5.41) is 2.88. The summed E-state index contributed by atoms with van der Waals surface area (Å²) in [6.07, 6.45) is 0. The number of carbonyl (C=O) groups excluding carboxylic acids is 1. The van der Waals surface area contributed by atoms with Gasteiger partial charge in [-0.15, -0.1) is 0 Å². The fourth-order valence-electron chi connectivity index (χ4n) is 3.21. The van der Waals surface area contributed by atoms with Crippen molar-refractivity contribution in [3.8, 4) is 0 Å². The molecule has 0 fully saturated rings. The first-order valence-electron chi connectivity index (χ1n) is 9.53. The van der Waals surface area contributed by atoms with Crippen LogP contribution < -0.4 is 5.32 Å². The van der Waals surface area contributed by atoms with Gasteiger partial charge in [-0.25, -0.2) is 8.42 Å². The summed E-state index contributed by atoms with van der Waals surface area (Å²) >= 11 is 6.83. The van der Waals surface area contributed by atoms with E-state index in [1.807, 2.05) is 50.2 Å². The Morgan fingerprint density at radius 2 is 1.48 bits per heavy atom. The van der Waals surface area contributed by atoms with Crippen LogP contribution in [0.5, 0.6) is 0 Å². The van der Waals surface area contributed by atoms with Crippen molar-refractivity contribution in [2.24, 2.45) is 0 Å². The minimum atomic E-state index is -3.87. The van der Waals surface area contributed by atoms with E-state index in [1.54, 1.807) is 18.2 Å². The van der Waals surface area contributed by atoms with Gasteiger partial charge in [-0.3, -0.25) is 4.79 Å². The van der Waals surface area contributed by atoms with Gasteiger partial charge in [0.15, 0.2) is 0 Å². The van der Waals surface area contributed by atoms with Crippen molar-refractivity contribution in [2.75, 3.05) is 11.9 Å². The van der Waals surface area contributed by atoms with Gasteiger partial charge in [0.25, 0.3) is 0 Å². The van der Waals surface area contributed by atoms with Crippen LogP contribution in [0.3, 0.4) is 0 Å². The minimum absolute atomic E-state index is 0.0796. The summed E-state index contributed by atoms with van der Waals surface area (Å²) in [6, 6.07) is 19.3. The molecule has 0 aromatic heterocycles. The molecule has 31 heavy (non-hydrogen) atoms. The lowest BCUT2D eigenvalue weighted by Crippen LogP contribution is -2.37. The SMILES string of the molecule is Cc1cc(Br)cc(C)c1NC(=O)CN(Cc1ccc(Br)cc1)S(=O)(=O)c1ccccc1. The highest BCUT2D eigenvalue weighted by molar-refractivity contribution is 9.10. The lowest BCUT2D eigenvalue weighted by atomic mass is 10.1. The molecule has 0 heterocycles. The Hall–Kier alpha value is -2.00. The van der Waals surface area contributed by atoms with Crippen molar-refractivity contribution < 1.29 is 13.2 Å².